The molecule has 0 saturated carbocycles. The van der Waals surface area contributed by atoms with Crippen LogP contribution < -0.4 is 19.4 Å². The summed E-state index contributed by atoms with van der Waals surface area (Å²) in [4.78, 5) is 5.67. The number of hydrogen-bond donors (Lipinski definition) is 0. The van der Waals surface area contributed by atoms with Gasteiger partial charge in [0.05, 0.1) is 42.9 Å². The van der Waals surface area contributed by atoms with E-state index in [1.165, 1.54) is 0 Å². The molecule has 1 aromatic heterocycles. The van der Waals surface area contributed by atoms with Crippen LogP contribution in [0.15, 0.2) is 58.5 Å². The first-order valence-corrected chi connectivity index (χ1v) is 11.4. The second-order valence-electron chi connectivity index (χ2n) is 6.92. The average molecular weight is 430 g/mol. The molecule has 1 N–H and O–H groups in total. The molecule has 7 nitrogen and oxygen atoms in total. The van der Waals surface area contributed by atoms with Gasteiger partial charge in [0.2, 0.25) is 15.4 Å². The number of aromatic amines is 1. The van der Waals surface area contributed by atoms with E-state index < -0.39 is 9.84 Å². The Bertz CT molecular complexity index is 1140. The van der Waals surface area contributed by atoms with Crippen molar-refractivity contribution in [3.05, 3.63) is 48.7 Å². The number of ether oxygens (including phenoxy) is 3. The molecule has 1 aliphatic rings. The first kappa shape index (κ1) is 20.4. The first-order chi connectivity index (χ1) is 14.5. The first-order valence-electron chi connectivity index (χ1n) is 9.87. The van der Waals surface area contributed by atoms with Crippen LogP contribution >= 0.6 is 0 Å². The van der Waals surface area contributed by atoms with Crippen molar-refractivity contribution in [2.24, 2.45) is 0 Å². The number of nitrogens with one attached hydrogen (secondary N) is 1. The summed E-state index contributed by atoms with van der Waals surface area (Å²) in [5, 5.41) is 0.803. The zero-order valence-corrected chi connectivity index (χ0v) is 17.9. The number of aromatic nitrogens is 1. The summed E-state index contributed by atoms with van der Waals surface area (Å²) >= 11 is 0. The predicted octanol–water partition coefficient (Wildman–Crippen LogP) is 2.73. The largest absolute Gasteiger partial charge is 0.497 e. The highest BCUT2D eigenvalue weighted by Gasteiger charge is 2.30. The second-order valence-corrected chi connectivity index (χ2v) is 8.84. The summed E-state index contributed by atoms with van der Waals surface area (Å²) in [5.41, 5.74) is 1.51. The van der Waals surface area contributed by atoms with Gasteiger partial charge in [-0.25, -0.2) is 13.4 Å². The second kappa shape index (κ2) is 8.49. The number of anilines is 1. The van der Waals surface area contributed by atoms with Gasteiger partial charge in [-0.2, -0.15) is 0 Å². The number of methoxy groups -OCH3 is 1. The van der Waals surface area contributed by atoms with Gasteiger partial charge in [-0.15, -0.1) is 0 Å². The van der Waals surface area contributed by atoms with Gasteiger partial charge in [0.1, 0.15) is 11.5 Å². The number of fused-ring (bicyclic) bond motifs is 1. The van der Waals surface area contributed by atoms with E-state index >= 15 is 0 Å². The molecule has 2 heterocycles. The third-order valence-electron chi connectivity index (χ3n) is 5.14. The Morgan fingerprint density at radius 2 is 1.77 bits per heavy atom. The molecule has 2 aromatic carbocycles. The molecule has 8 heteroatoms. The lowest BCUT2D eigenvalue weighted by atomic mass is 10.1. The molecule has 0 unspecified atom stereocenters. The van der Waals surface area contributed by atoms with Crippen LogP contribution in [0.4, 0.5) is 5.69 Å². The van der Waals surface area contributed by atoms with Crippen molar-refractivity contribution in [3.8, 4) is 11.5 Å². The number of H-pyrrole nitrogens is 1. The molecule has 0 bridgehead atoms. The minimum Gasteiger partial charge on any atom is -0.497 e. The summed E-state index contributed by atoms with van der Waals surface area (Å²) in [6, 6.07) is 12.1. The van der Waals surface area contributed by atoms with Gasteiger partial charge in [-0.1, -0.05) is 0 Å². The normalized spacial score (nSPS) is 14.7. The molecule has 1 aliphatic heterocycles. The Morgan fingerprint density at radius 3 is 2.43 bits per heavy atom. The number of nitrogens with zero attached hydrogens (tertiary/aromatic N) is 1. The average Bonchev–Trinajstić information content (AvgIpc) is 2.79. The van der Waals surface area contributed by atoms with E-state index in [1.807, 2.05) is 25.1 Å². The van der Waals surface area contributed by atoms with Gasteiger partial charge in [0, 0.05) is 19.2 Å². The zero-order valence-electron chi connectivity index (χ0n) is 17.1. The van der Waals surface area contributed by atoms with Crippen molar-refractivity contribution >= 4 is 26.4 Å². The highest BCUT2D eigenvalue weighted by Crippen LogP contribution is 2.36. The van der Waals surface area contributed by atoms with Crippen LogP contribution in [0, 0.1) is 0 Å². The Labute approximate surface area is 176 Å². The maximum atomic E-state index is 13.6. The number of morpholine rings is 1. The van der Waals surface area contributed by atoms with Gasteiger partial charge >= 0.3 is 0 Å². The third-order valence-corrected chi connectivity index (χ3v) is 6.92. The summed E-state index contributed by atoms with van der Waals surface area (Å²) in [6.07, 6.45) is 1.58. The van der Waals surface area contributed by atoms with Gasteiger partial charge < -0.3 is 19.1 Å². The highest BCUT2D eigenvalue weighted by molar-refractivity contribution is 7.91. The molecular weight excluding hydrogens is 404 g/mol. The Balaban J connectivity index is 1.93. The van der Waals surface area contributed by atoms with Crippen molar-refractivity contribution in [1.82, 2.24) is 0 Å². The van der Waals surface area contributed by atoms with Gasteiger partial charge in [-0.05, 0) is 43.3 Å². The van der Waals surface area contributed by atoms with E-state index in [0.717, 1.165) is 10.9 Å². The van der Waals surface area contributed by atoms with E-state index in [4.69, 9.17) is 14.2 Å². The molecule has 0 spiro atoms. The lowest BCUT2D eigenvalue weighted by Gasteiger charge is -2.30. The van der Waals surface area contributed by atoms with Crippen LogP contribution in [0.2, 0.25) is 0 Å². The molecular formula is C22H25N2O5S+. The highest BCUT2D eigenvalue weighted by atomic mass is 32.2. The van der Waals surface area contributed by atoms with E-state index in [0.29, 0.717) is 50.1 Å². The number of benzene rings is 2. The molecule has 0 atom stereocenters. The lowest BCUT2D eigenvalue weighted by molar-refractivity contribution is -0.347. The molecule has 1 fully saturated rings. The van der Waals surface area contributed by atoms with Crippen LogP contribution in [0.25, 0.3) is 10.9 Å². The van der Waals surface area contributed by atoms with Gasteiger partial charge in [-0.3, -0.25) is 0 Å². The number of rotatable bonds is 6. The minimum absolute atomic E-state index is 0.214. The fourth-order valence-corrected chi connectivity index (χ4v) is 5.10. The van der Waals surface area contributed by atoms with E-state index in [2.05, 4.69) is 9.88 Å². The fraction of sp³-hybridized carbons (Fsp3) is 0.318. The number of hydrogen-bond acceptors (Lipinski definition) is 6. The predicted molar refractivity (Wildman–Crippen MR) is 113 cm³/mol. The van der Waals surface area contributed by atoms with Gasteiger partial charge in [0.25, 0.3) is 0 Å². The molecule has 1 saturated heterocycles. The van der Waals surface area contributed by atoms with Crippen molar-refractivity contribution in [3.63, 3.8) is 0 Å². The topological polar surface area (TPSA) is 79.2 Å². The molecule has 0 amide bonds. The van der Waals surface area contributed by atoms with E-state index in [9.17, 15) is 8.42 Å². The van der Waals surface area contributed by atoms with E-state index in [1.54, 1.807) is 37.6 Å². The smallest absolute Gasteiger partial charge is 0.214 e. The van der Waals surface area contributed by atoms with Crippen LogP contribution in [-0.2, 0) is 14.6 Å². The molecule has 3 aromatic rings. The lowest BCUT2D eigenvalue weighted by Crippen LogP contribution is -2.37. The van der Waals surface area contributed by atoms with Crippen LogP contribution in [-0.4, -0.2) is 48.4 Å². The Kier molecular flexibility index (Phi) is 5.78. The molecule has 0 aliphatic carbocycles. The zero-order chi connectivity index (χ0) is 21.1. The SMILES string of the molecule is CCOc1ccc2[nH+]cc(S(=O)(=O)c3ccc(OC)cc3)c(N3CCOCC3)c2c1. The summed E-state index contributed by atoms with van der Waals surface area (Å²) in [5.74, 6) is 1.31. The fourth-order valence-electron chi connectivity index (χ4n) is 3.65. The van der Waals surface area contributed by atoms with Crippen LogP contribution in [0.1, 0.15) is 6.92 Å². The standard InChI is InChI=1S/C22H24N2O5S/c1-3-29-17-6-9-20-19(14-17)22(24-10-12-28-13-11-24)21(15-23-20)30(25,26)18-7-4-16(27-2)5-8-18/h4-9,14-15H,3,10-13H2,1-2H3/p+1. The summed E-state index contributed by atoms with van der Waals surface area (Å²) in [6.45, 7) is 4.78. The van der Waals surface area contributed by atoms with Crippen molar-refractivity contribution in [2.45, 2.75) is 16.7 Å². The molecule has 0 radical (unpaired) electrons. The molecule has 158 valence electrons. The van der Waals surface area contributed by atoms with Gasteiger partial charge in [0.15, 0.2) is 11.1 Å². The van der Waals surface area contributed by atoms with Crippen molar-refractivity contribution in [2.75, 3.05) is 44.9 Å². The van der Waals surface area contributed by atoms with E-state index in [-0.39, 0.29) is 9.79 Å². The number of sulfone groups is 1. The maximum absolute atomic E-state index is 13.6. The van der Waals surface area contributed by atoms with Crippen molar-refractivity contribution < 1.29 is 27.6 Å². The third kappa shape index (κ3) is 3.80. The van der Waals surface area contributed by atoms with Crippen LogP contribution in [0.5, 0.6) is 11.5 Å². The number of pyridine rings is 1. The maximum Gasteiger partial charge on any atom is 0.214 e. The van der Waals surface area contributed by atoms with Crippen molar-refractivity contribution in [1.29, 1.82) is 0 Å². The Morgan fingerprint density at radius 1 is 1.07 bits per heavy atom. The molecule has 4 rings (SSSR count). The summed E-state index contributed by atoms with van der Waals surface area (Å²) in [7, 11) is -2.22. The van der Waals surface area contributed by atoms with Crippen LogP contribution in [0.3, 0.4) is 0 Å². The molecule has 30 heavy (non-hydrogen) atoms. The summed E-state index contributed by atoms with van der Waals surface area (Å²) < 4.78 is 43.5. The quantitative estimate of drug-likeness (QED) is 0.600. The Hall–Kier alpha value is -2.84. The monoisotopic (exact) mass is 429 g/mol. The minimum atomic E-state index is -3.77.